The summed E-state index contributed by atoms with van der Waals surface area (Å²) in [6.07, 6.45) is 1.52. The maximum absolute atomic E-state index is 12.9. The molecule has 0 spiro atoms. The van der Waals surface area contributed by atoms with E-state index in [0.29, 0.717) is 12.4 Å². The molecule has 1 aromatic carbocycles. The van der Waals surface area contributed by atoms with Crippen LogP contribution in [0.5, 0.6) is 5.75 Å². The number of aliphatic hydroxyl groups is 1. The third-order valence-corrected chi connectivity index (χ3v) is 3.03. The fraction of sp³-hybridized carbons (Fsp3) is 0.538. The zero-order valence-corrected chi connectivity index (χ0v) is 9.81. The van der Waals surface area contributed by atoms with Crippen LogP contribution in [0.3, 0.4) is 0 Å². The van der Waals surface area contributed by atoms with Gasteiger partial charge in [-0.25, -0.2) is 4.39 Å². The lowest BCUT2D eigenvalue weighted by molar-refractivity contribution is 0.0754. The number of aliphatic hydroxyl groups excluding tert-OH is 1. The molecule has 0 aromatic heterocycles. The molecule has 1 aliphatic heterocycles. The topological polar surface area (TPSA) is 32.7 Å². The average Bonchev–Trinajstić information content (AvgIpc) is 2.32. The lowest BCUT2D eigenvalue weighted by Crippen LogP contribution is -2.38. The Kier molecular flexibility index (Phi) is 4.34. The molecule has 1 aromatic rings. The van der Waals surface area contributed by atoms with Gasteiger partial charge in [0.15, 0.2) is 0 Å². The first-order valence-electron chi connectivity index (χ1n) is 6.03. The fourth-order valence-corrected chi connectivity index (χ4v) is 1.99. The van der Waals surface area contributed by atoms with Gasteiger partial charge < -0.3 is 9.84 Å². The summed E-state index contributed by atoms with van der Waals surface area (Å²) in [6.45, 7) is 3.20. The van der Waals surface area contributed by atoms with E-state index in [1.54, 1.807) is 12.1 Å². The van der Waals surface area contributed by atoms with Crippen molar-refractivity contribution in [2.45, 2.75) is 18.9 Å². The number of ether oxygens (including phenoxy) is 1. The molecule has 0 radical (unpaired) electrons. The van der Waals surface area contributed by atoms with E-state index < -0.39 is 0 Å². The lowest BCUT2D eigenvalue weighted by atomic mass is 10.1. The van der Waals surface area contributed by atoms with E-state index in [4.69, 9.17) is 4.74 Å². The molecule has 1 saturated heterocycles. The highest BCUT2D eigenvalue weighted by molar-refractivity contribution is 5.22. The highest BCUT2D eigenvalue weighted by Crippen LogP contribution is 2.13. The van der Waals surface area contributed by atoms with Crippen molar-refractivity contribution in [1.82, 2.24) is 4.90 Å². The molecule has 0 atom stereocenters. The Morgan fingerprint density at radius 3 is 2.82 bits per heavy atom. The van der Waals surface area contributed by atoms with E-state index in [9.17, 15) is 9.50 Å². The van der Waals surface area contributed by atoms with Crippen LogP contribution in [0.25, 0.3) is 0 Å². The van der Waals surface area contributed by atoms with E-state index in [0.717, 1.165) is 32.5 Å². The van der Waals surface area contributed by atoms with Gasteiger partial charge in [0, 0.05) is 25.7 Å². The van der Waals surface area contributed by atoms with Gasteiger partial charge in [0.05, 0.1) is 6.10 Å². The standard InChI is InChI=1S/C13H18FNO2/c14-11-2-1-3-13(10-11)17-9-8-15-6-4-12(16)5-7-15/h1-3,10,12,16H,4-9H2. The molecular weight excluding hydrogens is 221 g/mol. The van der Waals surface area contributed by atoms with Gasteiger partial charge in [0.2, 0.25) is 0 Å². The largest absolute Gasteiger partial charge is 0.492 e. The Morgan fingerprint density at radius 1 is 1.35 bits per heavy atom. The predicted molar refractivity (Wildman–Crippen MR) is 63.6 cm³/mol. The van der Waals surface area contributed by atoms with Gasteiger partial charge in [0.1, 0.15) is 18.2 Å². The SMILES string of the molecule is OC1CCN(CCOc2cccc(F)c2)CC1. The van der Waals surface area contributed by atoms with Gasteiger partial charge in [0.25, 0.3) is 0 Å². The van der Waals surface area contributed by atoms with Crippen LogP contribution in [0.2, 0.25) is 0 Å². The monoisotopic (exact) mass is 239 g/mol. The van der Waals surface area contributed by atoms with Crippen LogP contribution in [0.4, 0.5) is 4.39 Å². The Hall–Kier alpha value is -1.13. The number of benzene rings is 1. The second kappa shape index (κ2) is 5.98. The van der Waals surface area contributed by atoms with Gasteiger partial charge in [-0.3, -0.25) is 4.90 Å². The van der Waals surface area contributed by atoms with Crippen LogP contribution in [0.1, 0.15) is 12.8 Å². The van der Waals surface area contributed by atoms with Gasteiger partial charge in [-0.15, -0.1) is 0 Å². The van der Waals surface area contributed by atoms with Crippen molar-refractivity contribution in [1.29, 1.82) is 0 Å². The number of piperidine rings is 1. The Balaban J connectivity index is 1.69. The summed E-state index contributed by atoms with van der Waals surface area (Å²) in [7, 11) is 0. The minimum atomic E-state index is -0.274. The molecular formula is C13H18FNO2. The van der Waals surface area contributed by atoms with Crippen molar-refractivity contribution in [3.05, 3.63) is 30.1 Å². The summed E-state index contributed by atoms with van der Waals surface area (Å²) in [5.41, 5.74) is 0. The molecule has 94 valence electrons. The normalized spacial score (nSPS) is 18.2. The summed E-state index contributed by atoms with van der Waals surface area (Å²) < 4.78 is 18.3. The van der Waals surface area contributed by atoms with E-state index in [2.05, 4.69) is 4.90 Å². The maximum Gasteiger partial charge on any atom is 0.126 e. The quantitative estimate of drug-likeness (QED) is 0.867. The molecule has 0 amide bonds. The first-order chi connectivity index (χ1) is 8.24. The van der Waals surface area contributed by atoms with Gasteiger partial charge in [-0.05, 0) is 25.0 Å². The highest BCUT2D eigenvalue weighted by atomic mass is 19.1. The molecule has 0 saturated carbocycles. The van der Waals surface area contributed by atoms with Gasteiger partial charge in [-0.1, -0.05) is 6.07 Å². The van der Waals surface area contributed by atoms with E-state index in [1.165, 1.54) is 12.1 Å². The lowest BCUT2D eigenvalue weighted by Gasteiger charge is -2.29. The minimum Gasteiger partial charge on any atom is -0.492 e. The van der Waals surface area contributed by atoms with Crippen molar-refractivity contribution < 1.29 is 14.2 Å². The number of likely N-dealkylation sites (tertiary alicyclic amines) is 1. The Morgan fingerprint density at radius 2 is 2.12 bits per heavy atom. The first-order valence-corrected chi connectivity index (χ1v) is 6.03. The first kappa shape index (κ1) is 12.3. The molecule has 1 aliphatic rings. The predicted octanol–water partition coefficient (Wildman–Crippen LogP) is 1.66. The second-order valence-electron chi connectivity index (χ2n) is 4.38. The molecule has 0 bridgehead atoms. The number of hydrogen-bond acceptors (Lipinski definition) is 3. The zero-order valence-electron chi connectivity index (χ0n) is 9.81. The smallest absolute Gasteiger partial charge is 0.126 e. The van der Waals surface area contributed by atoms with Gasteiger partial charge >= 0.3 is 0 Å². The summed E-state index contributed by atoms with van der Waals surface area (Å²) >= 11 is 0. The minimum absolute atomic E-state index is 0.143. The van der Waals surface area contributed by atoms with Crippen molar-refractivity contribution in [3.8, 4) is 5.75 Å². The maximum atomic E-state index is 12.9. The third kappa shape index (κ3) is 3.98. The van der Waals surface area contributed by atoms with Crippen molar-refractivity contribution >= 4 is 0 Å². The fourth-order valence-electron chi connectivity index (χ4n) is 1.99. The number of hydrogen-bond donors (Lipinski definition) is 1. The molecule has 1 N–H and O–H groups in total. The Bertz CT molecular complexity index is 351. The summed E-state index contributed by atoms with van der Waals surface area (Å²) in [5.74, 6) is 0.297. The van der Waals surface area contributed by atoms with E-state index >= 15 is 0 Å². The van der Waals surface area contributed by atoms with Gasteiger partial charge in [-0.2, -0.15) is 0 Å². The summed E-state index contributed by atoms with van der Waals surface area (Å²) in [4.78, 5) is 2.26. The molecule has 4 heteroatoms. The molecule has 17 heavy (non-hydrogen) atoms. The number of nitrogens with zero attached hydrogens (tertiary/aromatic N) is 1. The summed E-state index contributed by atoms with van der Waals surface area (Å²) in [6, 6.07) is 6.18. The van der Waals surface area contributed by atoms with Crippen LogP contribution < -0.4 is 4.74 Å². The third-order valence-electron chi connectivity index (χ3n) is 3.03. The van der Waals surface area contributed by atoms with E-state index in [1.807, 2.05) is 0 Å². The van der Waals surface area contributed by atoms with Crippen LogP contribution in [0.15, 0.2) is 24.3 Å². The highest BCUT2D eigenvalue weighted by Gasteiger charge is 2.16. The molecule has 2 rings (SSSR count). The van der Waals surface area contributed by atoms with E-state index in [-0.39, 0.29) is 11.9 Å². The molecule has 1 fully saturated rings. The second-order valence-corrected chi connectivity index (χ2v) is 4.38. The molecule has 1 heterocycles. The van der Waals surface area contributed by atoms with Crippen molar-refractivity contribution in [2.24, 2.45) is 0 Å². The molecule has 0 aliphatic carbocycles. The number of rotatable bonds is 4. The van der Waals surface area contributed by atoms with Crippen LogP contribution in [-0.4, -0.2) is 42.4 Å². The molecule has 3 nitrogen and oxygen atoms in total. The summed E-state index contributed by atoms with van der Waals surface area (Å²) in [5, 5.41) is 9.36. The zero-order chi connectivity index (χ0) is 12.1. The van der Waals surface area contributed by atoms with Crippen LogP contribution in [-0.2, 0) is 0 Å². The van der Waals surface area contributed by atoms with Crippen LogP contribution >= 0.6 is 0 Å². The molecule has 0 unspecified atom stereocenters. The average molecular weight is 239 g/mol. The Labute approximate surface area is 101 Å². The number of halogens is 1. The van der Waals surface area contributed by atoms with Crippen molar-refractivity contribution in [3.63, 3.8) is 0 Å². The van der Waals surface area contributed by atoms with Crippen molar-refractivity contribution in [2.75, 3.05) is 26.2 Å². The van der Waals surface area contributed by atoms with Crippen LogP contribution in [0, 0.1) is 5.82 Å².